The number of Topliss-reactive ketones (excluding diaryl/α,β-unsaturated/α-hetero) is 1. The number of pyridine rings is 1. The number of hydrogen-bond donors (Lipinski definition) is 1. The SMILES string of the molecule is CC(=O)CNC(=O)c1ccc(OC(C)C)cn1. The van der Waals surface area contributed by atoms with Crippen LogP contribution in [0.5, 0.6) is 5.75 Å². The van der Waals surface area contributed by atoms with Gasteiger partial charge in [0.2, 0.25) is 0 Å². The topological polar surface area (TPSA) is 68.3 Å². The van der Waals surface area contributed by atoms with Gasteiger partial charge in [-0.05, 0) is 32.9 Å². The van der Waals surface area contributed by atoms with E-state index >= 15 is 0 Å². The van der Waals surface area contributed by atoms with Crippen LogP contribution < -0.4 is 10.1 Å². The summed E-state index contributed by atoms with van der Waals surface area (Å²) in [5, 5.41) is 2.47. The summed E-state index contributed by atoms with van der Waals surface area (Å²) in [5.74, 6) is 0.150. The monoisotopic (exact) mass is 236 g/mol. The standard InChI is InChI=1S/C12H16N2O3/c1-8(2)17-10-4-5-11(13-7-10)12(16)14-6-9(3)15/h4-5,7-8H,6H2,1-3H3,(H,14,16). The Hall–Kier alpha value is -1.91. The van der Waals surface area contributed by atoms with E-state index in [1.165, 1.54) is 13.1 Å². The molecule has 0 saturated carbocycles. The average Bonchev–Trinajstić information content (AvgIpc) is 2.26. The molecule has 0 saturated heterocycles. The number of aromatic nitrogens is 1. The Morgan fingerprint density at radius 1 is 1.41 bits per heavy atom. The Morgan fingerprint density at radius 2 is 2.12 bits per heavy atom. The molecule has 1 aromatic rings. The molecule has 0 fully saturated rings. The van der Waals surface area contributed by atoms with Gasteiger partial charge in [0.15, 0.2) is 0 Å². The molecule has 1 aromatic heterocycles. The number of rotatable bonds is 5. The molecule has 5 heteroatoms. The van der Waals surface area contributed by atoms with Crippen molar-refractivity contribution in [3.8, 4) is 5.75 Å². The lowest BCUT2D eigenvalue weighted by Gasteiger charge is -2.09. The van der Waals surface area contributed by atoms with Gasteiger partial charge < -0.3 is 10.1 Å². The highest BCUT2D eigenvalue weighted by atomic mass is 16.5. The van der Waals surface area contributed by atoms with E-state index in [0.29, 0.717) is 5.75 Å². The van der Waals surface area contributed by atoms with E-state index in [4.69, 9.17) is 4.74 Å². The summed E-state index contributed by atoms with van der Waals surface area (Å²) in [6.07, 6.45) is 1.55. The smallest absolute Gasteiger partial charge is 0.270 e. The van der Waals surface area contributed by atoms with E-state index in [2.05, 4.69) is 10.3 Å². The van der Waals surface area contributed by atoms with Crippen LogP contribution in [0.25, 0.3) is 0 Å². The highest BCUT2D eigenvalue weighted by Gasteiger charge is 2.07. The van der Waals surface area contributed by atoms with E-state index in [0.717, 1.165) is 0 Å². The van der Waals surface area contributed by atoms with Crippen molar-refractivity contribution in [1.82, 2.24) is 10.3 Å². The van der Waals surface area contributed by atoms with Crippen LogP contribution >= 0.6 is 0 Å². The second-order valence-electron chi connectivity index (χ2n) is 3.93. The first-order valence-electron chi connectivity index (χ1n) is 5.39. The first-order chi connectivity index (χ1) is 7.99. The van der Waals surface area contributed by atoms with Crippen LogP contribution in [-0.4, -0.2) is 29.3 Å². The summed E-state index contributed by atoms with van der Waals surface area (Å²) in [7, 11) is 0. The molecule has 0 atom stereocenters. The molecule has 1 N–H and O–H groups in total. The van der Waals surface area contributed by atoms with Gasteiger partial charge in [-0.15, -0.1) is 0 Å². The molecule has 0 spiro atoms. The molecule has 0 unspecified atom stereocenters. The van der Waals surface area contributed by atoms with Crippen molar-refractivity contribution in [2.24, 2.45) is 0 Å². The van der Waals surface area contributed by atoms with Gasteiger partial charge in [-0.2, -0.15) is 0 Å². The van der Waals surface area contributed by atoms with E-state index in [-0.39, 0.29) is 30.0 Å². The second-order valence-corrected chi connectivity index (χ2v) is 3.93. The minimum absolute atomic E-state index is 0.0186. The zero-order chi connectivity index (χ0) is 12.8. The van der Waals surface area contributed by atoms with Crippen molar-refractivity contribution >= 4 is 11.7 Å². The fraction of sp³-hybridized carbons (Fsp3) is 0.417. The van der Waals surface area contributed by atoms with E-state index < -0.39 is 0 Å². The predicted molar refractivity (Wildman–Crippen MR) is 63.0 cm³/mol. The molecule has 0 aromatic carbocycles. The van der Waals surface area contributed by atoms with Crippen LogP contribution in [-0.2, 0) is 4.79 Å². The van der Waals surface area contributed by atoms with Crippen LogP contribution in [0.15, 0.2) is 18.3 Å². The Labute approximate surface area is 100 Å². The van der Waals surface area contributed by atoms with Crippen molar-refractivity contribution in [1.29, 1.82) is 0 Å². The van der Waals surface area contributed by atoms with Crippen LogP contribution in [0.4, 0.5) is 0 Å². The lowest BCUT2D eigenvalue weighted by molar-refractivity contribution is -0.116. The third-order valence-electron chi connectivity index (χ3n) is 1.84. The number of ketones is 1. The van der Waals surface area contributed by atoms with Crippen LogP contribution in [0.3, 0.4) is 0 Å². The van der Waals surface area contributed by atoms with E-state index in [1.54, 1.807) is 12.1 Å². The molecule has 5 nitrogen and oxygen atoms in total. The Balaban J connectivity index is 2.60. The lowest BCUT2D eigenvalue weighted by Crippen LogP contribution is -2.28. The number of hydrogen-bond acceptors (Lipinski definition) is 4. The molecule has 17 heavy (non-hydrogen) atoms. The molecular weight excluding hydrogens is 220 g/mol. The van der Waals surface area contributed by atoms with Crippen LogP contribution in [0.2, 0.25) is 0 Å². The molecule has 92 valence electrons. The summed E-state index contributed by atoms with van der Waals surface area (Å²) < 4.78 is 5.40. The average molecular weight is 236 g/mol. The van der Waals surface area contributed by atoms with Crippen LogP contribution in [0.1, 0.15) is 31.3 Å². The number of nitrogens with zero attached hydrogens (tertiary/aromatic N) is 1. The van der Waals surface area contributed by atoms with Crippen molar-refractivity contribution in [2.75, 3.05) is 6.54 Å². The molecule has 0 aliphatic rings. The second kappa shape index (κ2) is 5.98. The molecule has 1 heterocycles. The summed E-state index contributed by atoms with van der Waals surface area (Å²) in [6, 6.07) is 3.24. The Morgan fingerprint density at radius 3 is 2.59 bits per heavy atom. The molecule has 1 amide bonds. The summed E-state index contributed by atoms with van der Waals surface area (Å²) >= 11 is 0. The first-order valence-corrected chi connectivity index (χ1v) is 5.39. The highest BCUT2D eigenvalue weighted by Crippen LogP contribution is 2.10. The van der Waals surface area contributed by atoms with Crippen molar-refractivity contribution < 1.29 is 14.3 Å². The lowest BCUT2D eigenvalue weighted by atomic mass is 10.3. The number of carbonyl (C=O) groups is 2. The van der Waals surface area contributed by atoms with E-state index in [1.807, 2.05) is 13.8 Å². The van der Waals surface area contributed by atoms with Gasteiger partial charge in [0.1, 0.15) is 17.2 Å². The quantitative estimate of drug-likeness (QED) is 0.833. The maximum atomic E-state index is 11.5. The normalized spacial score (nSPS) is 10.1. The van der Waals surface area contributed by atoms with Gasteiger partial charge >= 0.3 is 0 Å². The molecule has 0 bridgehead atoms. The highest BCUT2D eigenvalue weighted by molar-refractivity contribution is 5.94. The largest absolute Gasteiger partial charge is 0.489 e. The molecule has 0 aliphatic carbocycles. The Bertz CT molecular complexity index is 399. The maximum absolute atomic E-state index is 11.5. The van der Waals surface area contributed by atoms with Crippen molar-refractivity contribution in [3.05, 3.63) is 24.0 Å². The summed E-state index contributed by atoms with van der Waals surface area (Å²) in [6.45, 7) is 5.25. The van der Waals surface area contributed by atoms with E-state index in [9.17, 15) is 9.59 Å². The molecule has 1 rings (SSSR count). The van der Waals surface area contributed by atoms with Gasteiger partial charge in [0, 0.05) is 0 Å². The number of carbonyl (C=O) groups excluding carboxylic acids is 2. The zero-order valence-corrected chi connectivity index (χ0v) is 10.2. The summed E-state index contributed by atoms with van der Waals surface area (Å²) in [4.78, 5) is 26.2. The predicted octanol–water partition coefficient (Wildman–Crippen LogP) is 1.19. The molecule has 0 radical (unpaired) electrons. The fourth-order valence-corrected chi connectivity index (χ4v) is 1.15. The molecule has 0 aliphatic heterocycles. The summed E-state index contributed by atoms with van der Waals surface area (Å²) in [5.41, 5.74) is 0.266. The van der Waals surface area contributed by atoms with Crippen molar-refractivity contribution in [3.63, 3.8) is 0 Å². The number of nitrogens with one attached hydrogen (secondary N) is 1. The van der Waals surface area contributed by atoms with Gasteiger partial charge in [0.25, 0.3) is 5.91 Å². The minimum atomic E-state index is -0.365. The maximum Gasteiger partial charge on any atom is 0.270 e. The minimum Gasteiger partial charge on any atom is -0.489 e. The third-order valence-corrected chi connectivity index (χ3v) is 1.84. The van der Waals surface area contributed by atoms with Crippen molar-refractivity contribution in [2.45, 2.75) is 26.9 Å². The Kier molecular flexibility index (Phi) is 4.63. The number of amides is 1. The van der Waals surface area contributed by atoms with Gasteiger partial charge in [-0.25, -0.2) is 4.98 Å². The number of ether oxygens (including phenoxy) is 1. The zero-order valence-electron chi connectivity index (χ0n) is 10.2. The van der Waals surface area contributed by atoms with Gasteiger partial charge in [-0.3, -0.25) is 9.59 Å². The van der Waals surface area contributed by atoms with Gasteiger partial charge in [-0.1, -0.05) is 0 Å². The molecular formula is C12H16N2O3. The fourth-order valence-electron chi connectivity index (χ4n) is 1.15. The third kappa shape index (κ3) is 4.63. The van der Waals surface area contributed by atoms with Crippen LogP contribution in [0, 0.1) is 0 Å². The first kappa shape index (κ1) is 13.2. The van der Waals surface area contributed by atoms with Gasteiger partial charge in [0.05, 0.1) is 18.8 Å².